The van der Waals surface area contributed by atoms with Crippen LogP contribution in [0.3, 0.4) is 0 Å². The average Bonchev–Trinajstić information content (AvgIpc) is 3.41. The molecule has 2 fully saturated rings. The van der Waals surface area contributed by atoms with Crippen LogP contribution in [-0.4, -0.2) is 68.6 Å². The van der Waals surface area contributed by atoms with E-state index >= 15 is 0 Å². The summed E-state index contributed by atoms with van der Waals surface area (Å²) >= 11 is 0. The van der Waals surface area contributed by atoms with Crippen LogP contribution in [0.2, 0.25) is 0 Å². The summed E-state index contributed by atoms with van der Waals surface area (Å²) in [5.41, 5.74) is 7.17. The number of Topliss-reactive ketones (excluding diaryl/α,β-unsaturated/α-hetero) is 1. The number of pyridine rings is 1. The van der Waals surface area contributed by atoms with E-state index in [1.807, 2.05) is 36.4 Å². The van der Waals surface area contributed by atoms with Crippen LogP contribution < -0.4 is 11.1 Å². The molecule has 3 heterocycles. The second kappa shape index (κ2) is 11.7. The fraction of sp³-hybridized carbons (Fsp3) is 0.393. The Morgan fingerprint density at radius 3 is 2.71 bits per heavy atom. The Hall–Kier alpha value is -3.89. The number of fused-ring (bicyclic) bond motifs is 1. The molecule has 10 heteroatoms. The number of carbonyl (C=O) groups is 3. The normalized spacial score (nSPS) is 20.3. The molecule has 1 saturated heterocycles. The van der Waals surface area contributed by atoms with Crippen LogP contribution in [0.25, 0.3) is 5.82 Å². The van der Waals surface area contributed by atoms with Gasteiger partial charge in [-0.3, -0.25) is 19.3 Å². The third kappa shape index (κ3) is 5.81. The summed E-state index contributed by atoms with van der Waals surface area (Å²) in [6, 6.07) is 13.6. The van der Waals surface area contributed by atoms with Crippen LogP contribution in [0, 0.1) is 0 Å². The smallest absolute Gasteiger partial charge is 0.287 e. The van der Waals surface area contributed by atoms with Crippen LogP contribution >= 0.6 is 0 Å². The van der Waals surface area contributed by atoms with Gasteiger partial charge in [-0.15, -0.1) is 0 Å². The predicted octanol–water partition coefficient (Wildman–Crippen LogP) is 1.81. The predicted molar refractivity (Wildman–Crippen MR) is 139 cm³/mol. The highest BCUT2D eigenvalue weighted by molar-refractivity contribution is 6.38. The van der Waals surface area contributed by atoms with Crippen molar-refractivity contribution in [2.75, 3.05) is 13.2 Å². The minimum atomic E-state index is -1.10. The van der Waals surface area contributed by atoms with Crippen molar-refractivity contribution in [2.45, 2.75) is 56.8 Å². The van der Waals surface area contributed by atoms with E-state index in [1.165, 1.54) is 12.8 Å². The van der Waals surface area contributed by atoms with E-state index in [1.54, 1.807) is 29.2 Å². The fourth-order valence-electron chi connectivity index (χ4n) is 5.37. The van der Waals surface area contributed by atoms with Crippen LogP contribution in [0.4, 0.5) is 0 Å². The second-order valence-corrected chi connectivity index (χ2v) is 9.80. The molecule has 3 N–H and O–H groups in total. The molecule has 0 spiro atoms. The summed E-state index contributed by atoms with van der Waals surface area (Å²) in [5, 5.41) is 7.40. The molecular formula is C28H32N6O4. The molecule has 1 aliphatic carbocycles. The maximum absolute atomic E-state index is 13.3. The minimum absolute atomic E-state index is 0.136. The fourth-order valence-corrected chi connectivity index (χ4v) is 5.37. The number of morpholine rings is 1. The molecule has 2 amide bonds. The lowest BCUT2D eigenvalue weighted by atomic mass is 9.90. The Morgan fingerprint density at radius 2 is 1.89 bits per heavy atom. The van der Waals surface area contributed by atoms with Gasteiger partial charge in [0.25, 0.3) is 11.8 Å². The Morgan fingerprint density at radius 1 is 1.08 bits per heavy atom. The molecule has 5 rings (SSSR count). The first-order valence-electron chi connectivity index (χ1n) is 13.0. The standard InChI is InChI=1S/C28H32N6O4/c29-26(36)25(35)22(17-19-7-2-1-3-8-19)31-28(37)21-9-6-13-30-27(21)34-14-12-20(32-34)18-33-15-16-38-24-11-5-4-10-23(24)33/h1-3,6-9,12-14,22-24H,4-5,10-11,15-18H2,(H2,29,36)(H,31,37)/t22?,23-,24+/m1/s1. The van der Waals surface area contributed by atoms with E-state index in [0.29, 0.717) is 18.4 Å². The number of amides is 2. The van der Waals surface area contributed by atoms with Crippen LogP contribution in [0.1, 0.15) is 47.3 Å². The molecule has 38 heavy (non-hydrogen) atoms. The van der Waals surface area contributed by atoms with Crippen molar-refractivity contribution in [3.63, 3.8) is 0 Å². The summed E-state index contributed by atoms with van der Waals surface area (Å²) < 4.78 is 7.57. The van der Waals surface area contributed by atoms with Crippen molar-refractivity contribution in [2.24, 2.45) is 5.73 Å². The largest absolute Gasteiger partial charge is 0.375 e. The van der Waals surface area contributed by atoms with Crippen LogP contribution in [0.5, 0.6) is 0 Å². The van der Waals surface area contributed by atoms with Gasteiger partial charge in [-0.05, 0) is 36.6 Å². The van der Waals surface area contributed by atoms with Gasteiger partial charge < -0.3 is 15.8 Å². The molecule has 2 aromatic heterocycles. The van der Waals surface area contributed by atoms with Gasteiger partial charge in [-0.25, -0.2) is 9.67 Å². The molecule has 3 aromatic rings. The van der Waals surface area contributed by atoms with E-state index in [9.17, 15) is 14.4 Å². The Bertz CT molecular complexity index is 1290. The van der Waals surface area contributed by atoms with Gasteiger partial charge in [0.15, 0.2) is 5.82 Å². The molecule has 1 aliphatic heterocycles. The number of nitrogens with two attached hydrogens (primary N) is 1. The van der Waals surface area contributed by atoms with E-state index < -0.39 is 23.6 Å². The number of primary amides is 1. The lowest BCUT2D eigenvalue weighted by Gasteiger charge is -2.43. The Balaban J connectivity index is 1.33. The van der Waals surface area contributed by atoms with E-state index in [-0.39, 0.29) is 18.1 Å². The topological polar surface area (TPSA) is 132 Å². The van der Waals surface area contributed by atoms with Gasteiger partial charge in [0.1, 0.15) is 6.04 Å². The number of hydrogen-bond acceptors (Lipinski definition) is 7. The van der Waals surface area contributed by atoms with E-state index in [2.05, 4.69) is 15.2 Å². The van der Waals surface area contributed by atoms with Crippen molar-refractivity contribution in [3.8, 4) is 5.82 Å². The lowest BCUT2D eigenvalue weighted by Crippen LogP contribution is -2.52. The summed E-state index contributed by atoms with van der Waals surface area (Å²) in [7, 11) is 0. The summed E-state index contributed by atoms with van der Waals surface area (Å²) in [6.07, 6.45) is 8.45. The lowest BCUT2D eigenvalue weighted by molar-refractivity contribution is -0.137. The zero-order valence-corrected chi connectivity index (χ0v) is 21.2. The first-order chi connectivity index (χ1) is 18.5. The number of aromatic nitrogens is 3. The number of hydrogen-bond donors (Lipinski definition) is 2. The first-order valence-corrected chi connectivity index (χ1v) is 13.0. The maximum atomic E-state index is 13.3. The molecule has 3 atom stereocenters. The van der Waals surface area contributed by atoms with Crippen molar-refractivity contribution in [1.29, 1.82) is 0 Å². The van der Waals surface area contributed by atoms with Gasteiger partial charge in [-0.2, -0.15) is 5.10 Å². The zero-order valence-electron chi connectivity index (χ0n) is 21.2. The average molecular weight is 517 g/mol. The van der Waals surface area contributed by atoms with Crippen molar-refractivity contribution >= 4 is 17.6 Å². The Labute approximate surface area is 221 Å². The molecule has 1 aromatic carbocycles. The van der Waals surface area contributed by atoms with Gasteiger partial charge >= 0.3 is 0 Å². The number of nitrogens with one attached hydrogen (secondary N) is 1. The third-order valence-corrected chi connectivity index (χ3v) is 7.25. The summed E-state index contributed by atoms with van der Waals surface area (Å²) in [4.78, 5) is 44.4. The number of nitrogens with zero attached hydrogens (tertiary/aromatic N) is 4. The SMILES string of the molecule is NC(=O)C(=O)C(Cc1ccccc1)NC(=O)c1cccnc1-n1ccc(CN2CCO[C@H]3CCCC[C@H]32)n1. The molecule has 10 nitrogen and oxygen atoms in total. The molecule has 0 radical (unpaired) electrons. The van der Waals surface area contributed by atoms with Gasteiger partial charge in [-0.1, -0.05) is 43.2 Å². The summed E-state index contributed by atoms with van der Waals surface area (Å²) in [6.45, 7) is 2.28. The monoisotopic (exact) mass is 516 g/mol. The molecule has 2 aliphatic rings. The molecule has 198 valence electrons. The van der Waals surface area contributed by atoms with E-state index in [0.717, 1.165) is 37.3 Å². The third-order valence-electron chi connectivity index (χ3n) is 7.25. The summed E-state index contributed by atoms with van der Waals surface area (Å²) in [5.74, 6) is -2.17. The molecule has 1 saturated carbocycles. The maximum Gasteiger partial charge on any atom is 0.287 e. The van der Waals surface area contributed by atoms with Gasteiger partial charge in [0, 0.05) is 37.9 Å². The number of ketones is 1. The van der Waals surface area contributed by atoms with E-state index in [4.69, 9.17) is 15.6 Å². The quantitative estimate of drug-likeness (QED) is 0.415. The highest BCUT2D eigenvalue weighted by Crippen LogP contribution is 2.29. The first kappa shape index (κ1) is 25.7. The highest BCUT2D eigenvalue weighted by Gasteiger charge is 2.34. The van der Waals surface area contributed by atoms with Crippen LogP contribution in [0.15, 0.2) is 60.9 Å². The van der Waals surface area contributed by atoms with Crippen molar-refractivity contribution in [3.05, 3.63) is 77.7 Å². The minimum Gasteiger partial charge on any atom is -0.375 e. The van der Waals surface area contributed by atoms with Crippen molar-refractivity contribution in [1.82, 2.24) is 25.0 Å². The van der Waals surface area contributed by atoms with Gasteiger partial charge in [0.05, 0.1) is 24.0 Å². The highest BCUT2D eigenvalue weighted by atomic mass is 16.5. The number of rotatable bonds is 9. The molecule has 1 unspecified atom stereocenters. The number of benzene rings is 1. The number of ether oxygens (including phenoxy) is 1. The van der Waals surface area contributed by atoms with Crippen molar-refractivity contribution < 1.29 is 19.1 Å². The molecular weight excluding hydrogens is 484 g/mol. The molecule has 0 bridgehead atoms. The van der Waals surface area contributed by atoms with Gasteiger partial charge in [0.2, 0.25) is 5.78 Å². The number of carbonyl (C=O) groups excluding carboxylic acids is 3. The second-order valence-electron chi connectivity index (χ2n) is 9.80. The van der Waals surface area contributed by atoms with Crippen LogP contribution in [-0.2, 0) is 27.3 Å². The zero-order chi connectivity index (χ0) is 26.5. The Kier molecular flexibility index (Phi) is 7.90.